The summed E-state index contributed by atoms with van der Waals surface area (Å²) in [5, 5.41) is 10.4. The summed E-state index contributed by atoms with van der Waals surface area (Å²) in [4.78, 5) is 0. The van der Waals surface area contributed by atoms with Gasteiger partial charge in [-0.05, 0) is 35.4 Å². The zero-order valence-electron chi connectivity index (χ0n) is 10.0. The summed E-state index contributed by atoms with van der Waals surface area (Å²) in [6.45, 7) is 0. The van der Waals surface area contributed by atoms with Crippen molar-refractivity contribution in [3.63, 3.8) is 0 Å². The number of phenolic OH excluding ortho intramolecular Hbond substituents is 1. The lowest BCUT2D eigenvalue weighted by molar-refractivity contribution is -0.137. The Balaban J connectivity index is 2.28. The van der Waals surface area contributed by atoms with Crippen LogP contribution in [0.4, 0.5) is 13.2 Å². The molecule has 0 saturated heterocycles. The first kappa shape index (κ1) is 15.0. The fraction of sp³-hybridized carbons (Fsp3) is 0.143. The maximum Gasteiger partial charge on any atom is 0.416 e. The third-order valence-electron chi connectivity index (χ3n) is 2.79. The summed E-state index contributed by atoms with van der Waals surface area (Å²) in [6, 6.07) is 7.81. The van der Waals surface area contributed by atoms with Gasteiger partial charge in [-0.3, -0.25) is 0 Å². The third kappa shape index (κ3) is 3.38. The number of hydrogen-bond acceptors (Lipinski definition) is 1. The summed E-state index contributed by atoms with van der Waals surface area (Å²) >= 11 is 11.6. The number of alkyl halides is 3. The SMILES string of the molecule is Oc1cc(C(F)(F)F)ccc1Cc1ccc(Cl)c(Cl)c1. The normalized spacial score (nSPS) is 11.7. The number of hydrogen-bond donors (Lipinski definition) is 1. The van der Waals surface area contributed by atoms with Crippen molar-refractivity contribution in [2.75, 3.05) is 0 Å². The second kappa shape index (κ2) is 5.54. The lowest BCUT2D eigenvalue weighted by Crippen LogP contribution is -2.04. The van der Waals surface area contributed by atoms with Gasteiger partial charge in [0.05, 0.1) is 15.6 Å². The molecular weight excluding hydrogens is 312 g/mol. The highest BCUT2D eigenvalue weighted by atomic mass is 35.5. The minimum atomic E-state index is -4.47. The molecule has 0 radical (unpaired) electrons. The quantitative estimate of drug-likeness (QED) is 0.795. The van der Waals surface area contributed by atoms with Gasteiger partial charge in [-0.15, -0.1) is 0 Å². The fourth-order valence-electron chi connectivity index (χ4n) is 1.76. The topological polar surface area (TPSA) is 20.2 Å². The minimum Gasteiger partial charge on any atom is -0.508 e. The monoisotopic (exact) mass is 320 g/mol. The standard InChI is InChI=1S/C14H9Cl2F3O/c15-11-4-1-8(6-12(11)16)5-9-2-3-10(7-13(9)20)14(17,18)19/h1-4,6-7,20H,5H2. The van der Waals surface area contributed by atoms with E-state index in [9.17, 15) is 18.3 Å². The summed E-state index contributed by atoms with van der Waals surface area (Å²) in [5.41, 5.74) is 0.249. The molecule has 2 rings (SSSR count). The molecule has 1 nitrogen and oxygen atoms in total. The molecule has 1 N–H and O–H groups in total. The van der Waals surface area contributed by atoms with Crippen LogP contribution in [0.3, 0.4) is 0 Å². The second-order valence-electron chi connectivity index (χ2n) is 4.27. The van der Waals surface area contributed by atoms with E-state index in [0.29, 0.717) is 21.7 Å². The highest BCUT2D eigenvalue weighted by Crippen LogP contribution is 2.33. The molecule has 0 aliphatic rings. The Morgan fingerprint density at radius 1 is 0.950 bits per heavy atom. The van der Waals surface area contributed by atoms with Crippen LogP contribution in [-0.2, 0) is 12.6 Å². The Hall–Kier alpha value is -1.39. The second-order valence-corrected chi connectivity index (χ2v) is 5.08. The Kier molecular flexibility index (Phi) is 4.16. The van der Waals surface area contributed by atoms with E-state index >= 15 is 0 Å². The van der Waals surface area contributed by atoms with Crippen LogP contribution in [-0.4, -0.2) is 5.11 Å². The van der Waals surface area contributed by atoms with Crippen molar-refractivity contribution < 1.29 is 18.3 Å². The molecule has 0 aliphatic carbocycles. The van der Waals surface area contributed by atoms with Gasteiger partial charge >= 0.3 is 6.18 Å². The van der Waals surface area contributed by atoms with Gasteiger partial charge in [-0.1, -0.05) is 35.3 Å². The van der Waals surface area contributed by atoms with E-state index < -0.39 is 17.5 Å². The van der Waals surface area contributed by atoms with Crippen LogP contribution < -0.4 is 0 Å². The van der Waals surface area contributed by atoms with Crippen molar-refractivity contribution in [3.8, 4) is 5.75 Å². The third-order valence-corrected chi connectivity index (χ3v) is 3.53. The van der Waals surface area contributed by atoms with Gasteiger partial charge in [0.1, 0.15) is 5.75 Å². The molecule has 2 aromatic carbocycles. The number of rotatable bonds is 2. The maximum atomic E-state index is 12.5. The summed E-state index contributed by atoms with van der Waals surface area (Å²) in [5.74, 6) is -0.397. The van der Waals surface area contributed by atoms with Gasteiger partial charge in [-0.2, -0.15) is 13.2 Å². The molecule has 106 valence electrons. The number of aromatic hydroxyl groups is 1. The molecule has 0 heterocycles. The summed E-state index contributed by atoms with van der Waals surface area (Å²) in [7, 11) is 0. The van der Waals surface area contributed by atoms with Gasteiger partial charge in [-0.25, -0.2) is 0 Å². The largest absolute Gasteiger partial charge is 0.508 e. The van der Waals surface area contributed by atoms with Crippen molar-refractivity contribution in [2.24, 2.45) is 0 Å². The molecule has 2 aromatic rings. The molecule has 0 saturated carbocycles. The molecule has 0 aromatic heterocycles. The average molecular weight is 321 g/mol. The first-order valence-electron chi connectivity index (χ1n) is 5.60. The van der Waals surface area contributed by atoms with E-state index in [0.717, 1.165) is 11.6 Å². The zero-order valence-corrected chi connectivity index (χ0v) is 11.5. The van der Waals surface area contributed by atoms with E-state index in [1.165, 1.54) is 6.07 Å². The van der Waals surface area contributed by atoms with E-state index in [-0.39, 0.29) is 6.42 Å². The molecule has 0 spiro atoms. The van der Waals surface area contributed by atoms with E-state index in [2.05, 4.69) is 0 Å². The van der Waals surface area contributed by atoms with Crippen LogP contribution in [0.25, 0.3) is 0 Å². The Labute approximate surface area is 123 Å². The van der Waals surface area contributed by atoms with Crippen LogP contribution in [0.5, 0.6) is 5.75 Å². The highest BCUT2D eigenvalue weighted by molar-refractivity contribution is 6.42. The van der Waals surface area contributed by atoms with Crippen molar-refractivity contribution in [1.29, 1.82) is 0 Å². The molecule has 0 unspecified atom stereocenters. The van der Waals surface area contributed by atoms with Gasteiger partial charge in [0.25, 0.3) is 0 Å². The van der Waals surface area contributed by atoms with Crippen LogP contribution in [0.2, 0.25) is 10.0 Å². The van der Waals surface area contributed by atoms with Crippen molar-refractivity contribution in [1.82, 2.24) is 0 Å². The van der Waals surface area contributed by atoms with E-state index in [1.54, 1.807) is 18.2 Å². The predicted molar refractivity (Wildman–Crippen MR) is 72.4 cm³/mol. The lowest BCUT2D eigenvalue weighted by Gasteiger charge is -2.10. The van der Waals surface area contributed by atoms with Crippen molar-refractivity contribution in [3.05, 3.63) is 63.1 Å². The highest BCUT2D eigenvalue weighted by Gasteiger charge is 2.31. The molecule has 0 amide bonds. The van der Waals surface area contributed by atoms with Gasteiger partial charge in [0.2, 0.25) is 0 Å². The molecule has 0 bridgehead atoms. The first-order chi connectivity index (χ1) is 9.27. The lowest BCUT2D eigenvalue weighted by atomic mass is 10.0. The molecule has 0 aliphatic heterocycles. The summed E-state index contributed by atoms with van der Waals surface area (Å²) < 4.78 is 37.4. The van der Waals surface area contributed by atoms with E-state index in [4.69, 9.17) is 23.2 Å². The zero-order chi connectivity index (χ0) is 14.9. The van der Waals surface area contributed by atoms with Crippen LogP contribution in [0.1, 0.15) is 16.7 Å². The van der Waals surface area contributed by atoms with Gasteiger partial charge in [0.15, 0.2) is 0 Å². The van der Waals surface area contributed by atoms with Crippen LogP contribution >= 0.6 is 23.2 Å². The minimum absolute atomic E-state index is 0.265. The van der Waals surface area contributed by atoms with E-state index in [1.807, 2.05) is 0 Å². The van der Waals surface area contributed by atoms with Crippen molar-refractivity contribution in [2.45, 2.75) is 12.6 Å². The Morgan fingerprint density at radius 3 is 2.20 bits per heavy atom. The molecular formula is C14H9Cl2F3O. The Bertz CT molecular complexity index is 639. The Morgan fingerprint density at radius 2 is 1.65 bits per heavy atom. The number of benzene rings is 2. The fourth-order valence-corrected chi connectivity index (χ4v) is 2.08. The first-order valence-corrected chi connectivity index (χ1v) is 6.36. The smallest absolute Gasteiger partial charge is 0.416 e. The van der Waals surface area contributed by atoms with Gasteiger partial charge < -0.3 is 5.11 Å². The van der Waals surface area contributed by atoms with Crippen molar-refractivity contribution >= 4 is 23.2 Å². The maximum absolute atomic E-state index is 12.5. The number of halogens is 5. The molecule has 0 atom stereocenters. The van der Waals surface area contributed by atoms with Crippen LogP contribution in [0, 0.1) is 0 Å². The molecule has 0 fully saturated rings. The molecule has 6 heteroatoms. The summed E-state index contributed by atoms with van der Waals surface area (Å²) in [6.07, 6.45) is -4.21. The molecule has 20 heavy (non-hydrogen) atoms. The van der Waals surface area contributed by atoms with Crippen LogP contribution in [0.15, 0.2) is 36.4 Å². The van der Waals surface area contributed by atoms with Gasteiger partial charge in [0, 0.05) is 6.42 Å². The predicted octanol–water partition coefficient (Wildman–Crippen LogP) is 5.31. The number of phenols is 1. The average Bonchev–Trinajstić information content (AvgIpc) is 2.35.